The minimum Gasteiger partial charge on any atom is -0.493 e. The van der Waals surface area contributed by atoms with E-state index in [-0.39, 0.29) is 0 Å². The molecule has 0 spiro atoms. The van der Waals surface area contributed by atoms with E-state index < -0.39 is 0 Å². The summed E-state index contributed by atoms with van der Waals surface area (Å²) in [5.41, 5.74) is 1.13. The van der Waals surface area contributed by atoms with Crippen LogP contribution in [-0.4, -0.2) is 20.8 Å². The fourth-order valence-electron chi connectivity index (χ4n) is 1.47. The molecule has 0 unspecified atom stereocenters. The summed E-state index contributed by atoms with van der Waals surface area (Å²) in [5.74, 6) is 2.16. The lowest BCUT2D eigenvalue weighted by Gasteiger charge is -2.16. The van der Waals surface area contributed by atoms with Crippen molar-refractivity contribution < 1.29 is 9.47 Å². The second-order valence-electron chi connectivity index (χ2n) is 4.18. The van der Waals surface area contributed by atoms with Crippen LogP contribution in [0.4, 0.5) is 0 Å². The summed E-state index contributed by atoms with van der Waals surface area (Å²) in [4.78, 5) is 0. The van der Waals surface area contributed by atoms with Gasteiger partial charge in [-0.05, 0) is 19.0 Å². The molecule has 0 bridgehead atoms. The molecule has 1 aromatic rings. The molecule has 1 aromatic carbocycles. The second kappa shape index (κ2) is 6.38. The quantitative estimate of drug-likeness (QED) is 0.803. The topological polar surface area (TPSA) is 30.5 Å². The molecule has 0 radical (unpaired) electrons. The highest BCUT2D eigenvalue weighted by molar-refractivity contribution is 5.46. The maximum absolute atomic E-state index is 5.81. The summed E-state index contributed by atoms with van der Waals surface area (Å²) in [6, 6.07) is 5.96. The Balaban J connectivity index is 2.90. The first-order valence-corrected chi connectivity index (χ1v) is 5.62. The Morgan fingerprint density at radius 2 is 2.06 bits per heavy atom. The van der Waals surface area contributed by atoms with Gasteiger partial charge in [0.1, 0.15) is 0 Å². The van der Waals surface area contributed by atoms with E-state index in [2.05, 4.69) is 25.2 Å². The molecule has 0 aliphatic carbocycles. The van der Waals surface area contributed by atoms with Crippen molar-refractivity contribution in [2.75, 3.05) is 20.8 Å². The van der Waals surface area contributed by atoms with Crippen LogP contribution in [0, 0.1) is 5.92 Å². The van der Waals surface area contributed by atoms with E-state index in [1.807, 2.05) is 19.2 Å². The van der Waals surface area contributed by atoms with Crippen molar-refractivity contribution >= 4 is 0 Å². The van der Waals surface area contributed by atoms with Gasteiger partial charge in [-0.25, -0.2) is 0 Å². The van der Waals surface area contributed by atoms with Crippen LogP contribution in [0.25, 0.3) is 0 Å². The maximum Gasteiger partial charge on any atom is 0.165 e. The zero-order valence-corrected chi connectivity index (χ0v) is 10.5. The van der Waals surface area contributed by atoms with Gasteiger partial charge in [-0.1, -0.05) is 26.0 Å². The zero-order chi connectivity index (χ0) is 12.0. The highest BCUT2D eigenvalue weighted by atomic mass is 16.5. The number of para-hydroxylation sites is 1. The largest absolute Gasteiger partial charge is 0.493 e. The Morgan fingerprint density at radius 3 is 2.62 bits per heavy atom. The normalized spacial score (nSPS) is 10.6. The molecule has 3 nitrogen and oxygen atoms in total. The van der Waals surface area contributed by atoms with E-state index in [0.29, 0.717) is 12.5 Å². The van der Waals surface area contributed by atoms with Gasteiger partial charge in [0.25, 0.3) is 0 Å². The Bertz CT molecular complexity index is 324. The molecule has 0 saturated carbocycles. The van der Waals surface area contributed by atoms with Crippen LogP contribution < -0.4 is 14.8 Å². The summed E-state index contributed by atoms with van der Waals surface area (Å²) in [6.07, 6.45) is 0. The summed E-state index contributed by atoms with van der Waals surface area (Å²) in [7, 11) is 3.59. The van der Waals surface area contributed by atoms with Gasteiger partial charge in [0.2, 0.25) is 0 Å². The Kier molecular flexibility index (Phi) is 5.12. The van der Waals surface area contributed by atoms with Gasteiger partial charge in [0.05, 0.1) is 13.7 Å². The molecule has 0 aliphatic heterocycles. The molecule has 0 fully saturated rings. The lowest BCUT2D eigenvalue weighted by atomic mass is 10.1. The van der Waals surface area contributed by atoms with Gasteiger partial charge in [0, 0.05) is 12.1 Å². The SMILES string of the molecule is CNCc1cccc(OC)c1OCC(C)C. The Hall–Kier alpha value is -1.22. The number of rotatable bonds is 6. The molecule has 1 N–H and O–H groups in total. The van der Waals surface area contributed by atoms with Gasteiger partial charge in [0.15, 0.2) is 11.5 Å². The molecule has 90 valence electrons. The highest BCUT2D eigenvalue weighted by Gasteiger charge is 2.10. The van der Waals surface area contributed by atoms with Gasteiger partial charge in [-0.15, -0.1) is 0 Å². The monoisotopic (exact) mass is 223 g/mol. The molecule has 0 amide bonds. The average molecular weight is 223 g/mol. The van der Waals surface area contributed by atoms with Crippen LogP contribution in [0.5, 0.6) is 11.5 Å². The molecule has 3 heteroatoms. The first kappa shape index (κ1) is 12.8. The number of ether oxygens (including phenoxy) is 2. The number of benzene rings is 1. The lowest BCUT2D eigenvalue weighted by molar-refractivity contribution is 0.254. The molecule has 0 atom stereocenters. The van der Waals surface area contributed by atoms with Gasteiger partial charge in [-0.2, -0.15) is 0 Å². The van der Waals surface area contributed by atoms with Crippen molar-refractivity contribution in [2.45, 2.75) is 20.4 Å². The van der Waals surface area contributed by atoms with Crippen molar-refractivity contribution in [3.63, 3.8) is 0 Å². The fourth-order valence-corrected chi connectivity index (χ4v) is 1.47. The number of methoxy groups -OCH3 is 1. The number of hydrogen-bond acceptors (Lipinski definition) is 3. The van der Waals surface area contributed by atoms with Crippen LogP contribution in [0.15, 0.2) is 18.2 Å². The summed E-state index contributed by atoms with van der Waals surface area (Å²) >= 11 is 0. The number of hydrogen-bond donors (Lipinski definition) is 1. The summed E-state index contributed by atoms with van der Waals surface area (Å²) in [5, 5.41) is 3.13. The second-order valence-corrected chi connectivity index (χ2v) is 4.18. The van der Waals surface area contributed by atoms with Crippen LogP contribution in [0.2, 0.25) is 0 Å². The smallest absolute Gasteiger partial charge is 0.165 e. The predicted octanol–water partition coefficient (Wildman–Crippen LogP) is 2.45. The van der Waals surface area contributed by atoms with E-state index in [0.717, 1.165) is 23.6 Å². The third-order valence-corrected chi connectivity index (χ3v) is 2.21. The number of nitrogens with one attached hydrogen (secondary N) is 1. The lowest BCUT2D eigenvalue weighted by Crippen LogP contribution is -2.11. The highest BCUT2D eigenvalue weighted by Crippen LogP contribution is 2.31. The van der Waals surface area contributed by atoms with Crippen LogP contribution in [0.3, 0.4) is 0 Å². The Labute approximate surface area is 97.8 Å². The van der Waals surface area contributed by atoms with Gasteiger partial charge >= 0.3 is 0 Å². The van der Waals surface area contributed by atoms with E-state index in [4.69, 9.17) is 9.47 Å². The third-order valence-electron chi connectivity index (χ3n) is 2.21. The van der Waals surface area contributed by atoms with Gasteiger partial charge in [-0.3, -0.25) is 0 Å². The van der Waals surface area contributed by atoms with Crippen molar-refractivity contribution in [1.82, 2.24) is 5.32 Å². The van der Waals surface area contributed by atoms with Crippen molar-refractivity contribution in [3.8, 4) is 11.5 Å². The first-order valence-electron chi connectivity index (χ1n) is 5.62. The van der Waals surface area contributed by atoms with E-state index in [9.17, 15) is 0 Å². The third kappa shape index (κ3) is 3.42. The summed E-state index contributed by atoms with van der Waals surface area (Å²) in [6.45, 7) is 5.75. The van der Waals surface area contributed by atoms with E-state index in [1.165, 1.54) is 0 Å². The predicted molar refractivity (Wildman–Crippen MR) is 66.1 cm³/mol. The molecule has 1 rings (SSSR count). The molecular formula is C13H21NO2. The van der Waals surface area contributed by atoms with Gasteiger partial charge < -0.3 is 14.8 Å². The molecule has 0 aromatic heterocycles. The molecule has 0 aliphatic rings. The fraction of sp³-hybridized carbons (Fsp3) is 0.538. The Morgan fingerprint density at radius 1 is 1.31 bits per heavy atom. The van der Waals surface area contributed by atoms with Crippen molar-refractivity contribution in [1.29, 1.82) is 0 Å². The molecular weight excluding hydrogens is 202 g/mol. The van der Waals surface area contributed by atoms with Crippen molar-refractivity contribution in [2.24, 2.45) is 5.92 Å². The van der Waals surface area contributed by atoms with E-state index in [1.54, 1.807) is 7.11 Å². The summed E-state index contributed by atoms with van der Waals surface area (Å²) < 4.78 is 11.1. The molecule has 16 heavy (non-hydrogen) atoms. The van der Waals surface area contributed by atoms with Crippen LogP contribution in [0.1, 0.15) is 19.4 Å². The van der Waals surface area contributed by atoms with Crippen molar-refractivity contribution in [3.05, 3.63) is 23.8 Å². The molecule has 0 heterocycles. The van der Waals surface area contributed by atoms with E-state index >= 15 is 0 Å². The minimum atomic E-state index is 0.507. The zero-order valence-electron chi connectivity index (χ0n) is 10.5. The minimum absolute atomic E-state index is 0.507. The maximum atomic E-state index is 5.81. The van der Waals surface area contributed by atoms with Crippen LogP contribution in [-0.2, 0) is 6.54 Å². The van der Waals surface area contributed by atoms with Crippen LogP contribution >= 0.6 is 0 Å². The first-order chi connectivity index (χ1) is 7.69. The molecule has 0 saturated heterocycles. The standard InChI is InChI=1S/C13H21NO2/c1-10(2)9-16-13-11(8-14-3)6-5-7-12(13)15-4/h5-7,10,14H,8-9H2,1-4H3. The average Bonchev–Trinajstić information content (AvgIpc) is 2.27.